The van der Waals surface area contributed by atoms with Crippen molar-refractivity contribution in [3.63, 3.8) is 0 Å². The van der Waals surface area contributed by atoms with Gasteiger partial charge in [0.1, 0.15) is 6.54 Å². The van der Waals surface area contributed by atoms with Crippen molar-refractivity contribution in [2.75, 3.05) is 25.5 Å². The second kappa shape index (κ2) is 7.88. The number of ether oxygens (including phenoxy) is 1. The molecule has 21 heavy (non-hydrogen) atoms. The van der Waals surface area contributed by atoms with E-state index in [9.17, 15) is 14.4 Å². The number of esters is 1. The summed E-state index contributed by atoms with van der Waals surface area (Å²) < 4.78 is 4.38. The van der Waals surface area contributed by atoms with E-state index in [1.807, 2.05) is 32.0 Å². The Hall–Kier alpha value is -2.57. The fraction of sp³-hybridized carbons (Fsp3) is 0.357. The molecule has 3 amide bonds. The molecule has 0 aromatic heterocycles. The Labute approximate surface area is 123 Å². The molecular formula is C14H19N3O4. The van der Waals surface area contributed by atoms with Crippen LogP contribution in [0.1, 0.15) is 11.1 Å². The average molecular weight is 293 g/mol. The van der Waals surface area contributed by atoms with E-state index in [2.05, 4.69) is 20.7 Å². The average Bonchev–Trinajstić information content (AvgIpc) is 2.46. The van der Waals surface area contributed by atoms with E-state index in [1.165, 1.54) is 7.11 Å². The van der Waals surface area contributed by atoms with E-state index in [0.29, 0.717) is 5.69 Å². The highest BCUT2D eigenvalue weighted by Gasteiger charge is 2.09. The second-order valence-corrected chi connectivity index (χ2v) is 4.43. The van der Waals surface area contributed by atoms with Gasteiger partial charge in [0.05, 0.1) is 13.7 Å². The fourth-order valence-electron chi connectivity index (χ4n) is 1.64. The number of nitrogens with one attached hydrogen (secondary N) is 3. The third-order valence-corrected chi connectivity index (χ3v) is 2.79. The van der Waals surface area contributed by atoms with Gasteiger partial charge in [-0.25, -0.2) is 4.79 Å². The van der Waals surface area contributed by atoms with Gasteiger partial charge in [0.15, 0.2) is 0 Å². The molecule has 0 aliphatic carbocycles. The number of anilines is 1. The number of aryl methyl sites for hydroxylation is 2. The standard InChI is InChI=1S/C14H19N3O4/c1-9-5-4-6-10(2)13(9)17-14(20)16-7-11(18)15-8-12(19)21-3/h4-6H,7-8H2,1-3H3,(H,15,18)(H2,16,17,20). The van der Waals surface area contributed by atoms with Gasteiger partial charge in [-0.2, -0.15) is 0 Å². The minimum atomic E-state index is -0.552. The summed E-state index contributed by atoms with van der Waals surface area (Å²) in [6.45, 7) is 3.31. The largest absolute Gasteiger partial charge is 0.468 e. The summed E-state index contributed by atoms with van der Waals surface area (Å²) in [4.78, 5) is 33.9. The summed E-state index contributed by atoms with van der Waals surface area (Å²) >= 11 is 0. The maximum Gasteiger partial charge on any atom is 0.325 e. The van der Waals surface area contributed by atoms with Crippen molar-refractivity contribution in [1.29, 1.82) is 0 Å². The summed E-state index contributed by atoms with van der Waals surface area (Å²) in [6, 6.07) is 5.17. The molecule has 0 unspecified atom stereocenters. The lowest BCUT2D eigenvalue weighted by molar-refractivity contribution is -0.141. The molecule has 7 heteroatoms. The first-order valence-electron chi connectivity index (χ1n) is 6.38. The van der Waals surface area contributed by atoms with Gasteiger partial charge in [-0.15, -0.1) is 0 Å². The number of hydrogen-bond donors (Lipinski definition) is 3. The normalized spacial score (nSPS) is 9.67. The predicted octanol–water partition coefficient (Wildman–Crippen LogP) is 0.714. The molecule has 1 aromatic rings. The van der Waals surface area contributed by atoms with E-state index < -0.39 is 17.9 Å². The molecule has 7 nitrogen and oxygen atoms in total. The van der Waals surface area contributed by atoms with Crippen molar-refractivity contribution in [2.24, 2.45) is 0 Å². The van der Waals surface area contributed by atoms with E-state index in [-0.39, 0.29) is 13.1 Å². The minimum Gasteiger partial charge on any atom is -0.468 e. The summed E-state index contributed by atoms with van der Waals surface area (Å²) in [5.41, 5.74) is 2.57. The zero-order valence-corrected chi connectivity index (χ0v) is 12.3. The van der Waals surface area contributed by atoms with Crippen LogP contribution in [0.5, 0.6) is 0 Å². The van der Waals surface area contributed by atoms with Gasteiger partial charge < -0.3 is 20.7 Å². The van der Waals surface area contributed by atoms with Crippen molar-refractivity contribution in [3.8, 4) is 0 Å². The van der Waals surface area contributed by atoms with Crippen molar-refractivity contribution in [2.45, 2.75) is 13.8 Å². The van der Waals surface area contributed by atoms with Crippen LogP contribution >= 0.6 is 0 Å². The number of benzene rings is 1. The number of hydrogen-bond acceptors (Lipinski definition) is 4. The third kappa shape index (κ3) is 5.52. The van der Waals surface area contributed by atoms with E-state index >= 15 is 0 Å². The lowest BCUT2D eigenvalue weighted by atomic mass is 10.1. The highest BCUT2D eigenvalue weighted by Crippen LogP contribution is 2.18. The van der Waals surface area contributed by atoms with Crippen LogP contribution in [0.3, 0.4) is 0 Å². The minimum absolute atomic E-state index is 0.227. The van der Waals surface area contributed by atoms with Gasteiger partial charge in [-0.1, -0.05) is 18.2 Å². The number of methoxy groups -OCH3 is 1. The molecule has 0 saturated carbocycles. The highest BCUT2D eigenvalue weighted by atomic mass is 16.5. The summed E-state index contributed by atoms with van der Waals surface area (Å²) in [6.07, 6.45) is 0. The van der Waals surface area contributed by atoms with Crippen molar-refractivity contribution < 1.29 is 19.1 Å². The SMILES string of the molecule is COC(=O)CNC(=O)CNC(=O)Nc1c(C)cccc1C. The first-order valence-corrected chi connectivity index (χ1v) is 6.38. The van der Waals surface area contributed by atoms with Crippen LogP contribution in [0.15, 0.2) is 18.2 Å². The van der Waals surface area contributed by atoms with Gasteiger partial charge >= 0.3 is 12.0 Å². The number of para-hydroxylation sites is 1. The molecule has 0 radical (unpaired) electrons. The first-order chi connectivity index (χ1) is 9.93. The Bertz CT molecular complexity index is 523. The molecule has 114 valence electrons. The van der Waals surface area contributed by atoms with Gasteiger partial charge in [-0.05, 0) is 25.0 Å². The van der Waals surface area contributed by atoms with E-state index in [0.717, 1.165) is 11.1 Å². The molecular weight excluding hydrogens is 274 g/mol. The maximum atomic E-state index is 11.7. The van der Waals surface area contributed by atoms with Gasteiger partial charge in [-0.3, -0.25) is 9.59 Å². The second-order valence-electron chi connectivity index (χ2n) is 4.43. The molecule has 1 rings (SSSR count). The molecule has 0 heterocycles. The Balaban J connectivity index is 2.41. The van der Waals surface area contributed by atoms with Crippen LogP contribution in [0, 0.1) is 13.8 Å². The monoisotopic (exact) mass is 293 g/mol. The smallest absolute Gasteiger partial charge is 0.325 e. The van der Waals surface area contributed by atoms with Crippen LogP contribution in [-0.2, 0) is 14.3 Å². The molecule has 0 spiro atoms. The molecule has 1 aromatic carbocycles. The lowest BCUT2D eigenvalue weighted by Crippen LogP contribution is -2.40. The molecule has 0 atom stereocenters. The molecule has 0 aliphatic rings. The fourth-order valence-corrected chi connectivity index (χ4v) is 1.64. The quantitative estimate of drug-likeness (QED) is 0.697. The molecule has 3 N–H and O–H groups in total. The predicted molar refractivity (Wildman–Crippen MR) is 78.0 cm³/mol. The number of amides is 3. The van der Waals surface area contributed by atoms with Crippen molar-refractivity contribution in [1.82, 2.24) is 10.6 Å². The van der Waals surface area contributed by atoms with Gasteiger partial charge in [0.25, 0.3) is 0 Å². The maximum absolute atomic E-state index is 11.7. The Morgan fingerprint density at radius 1 is 1.05 bits per heavy atom. The Kier molecular flexibility index (Phi) is 6.19. The topological polar surface area (TPSA) is 96.5 Å². The Morgan fingerprint density at radius 2 is 1.67 bits per heavy atom. The van der Waals surface area contributed by atoms with Crippen molar-refractivity contribution in [3.05, 3.63) is 29.3 Å². The number of carbonyl (C=O) groups excluding carboxylic acids is 3. The lowest BCUT2D eigenvalue weighted by Gasteiger charge is -2.12. The van der Waals surface area contributed by atoms with Crippen LogP contribution in [-0.4, -0.2) is 38.1 Å². The Morgan fingerprint density at radius 3 is 2.24 bits per heavy atom. The first kappa shape index (κ1) is 16.5. The van der Waals surface area contributed by atoms with Gasteiger partial charge in [0, 0.05) is 5.69 Å². The molecule has 0 aliphatic heterocycles. The van der Waals surface area contributed by atoms with E-state index in [4.69, 9.17) is 0 Å². The number of urea groups is 1. The highest BCUT2D eigenvalue weighted by molar-refractivity contribution is 5.93. The molecule has 0 saturated heterocycles. The molecule has 0 fully saturated rings. The summed E-state index contributed by atoms with van der Waals surface area (Å²) in [5.74, 6) is -1.03. The third-order valence-electron chi connectivity index (χ3n) is 2.79. The number of rotatable bonds is 5. The number of carbonyl (C=O) groups is 3. The van der Waals surface area contributed by atoms with Crippen molar-refractivity contribution >= 4 is 23.6 Å². The van der Waals surface area contributed by atoms with Crippen LogP contribution in [0.4, 0.5) is 10.5 Å². The zero-order chi connectivity index (χ0) is 15.8. The van der Waals surface area contributed by atoms with Gasteiger partial charge in [0.2, 0.25) is 5.91 Å². The van der Waals surface area contributed by atoms with E-state index in [1.54, 1.807) is 0 Å². The summed E-state index contributed by atoms with van der Waals surface area (Å²) in [7, 11) is 1.23. The van der Waals surface area contributed by atoms with Crippen LogP contribution in [0.25, 0.3) is 0 Å². The summed E-state index contributed by atoms with van der Waals surface area (Å²) in [5, 5.41) is 7.42. The molecule has 0 bridgehead atoms. The van der Waals surface area contributed by atoms with Crippen LogP contribution < -0.4 is 16.0 Å². The zero-order valence-electron chi connectivity index (χ0n) is 12.3. The van der Waals surface area contributed by atoms with Crippen LogP contribution in [0.2, 0.25) is 0 Å².